The lowest BCUT2D eigenvalue weighted by Gasteiger charge is -2.54. The van der Waals surface area contributed by atoms with Gasteiger partial charge < -0.3 is 10.2 Å². The molecule has 8 unspecified atom stereocenters. The lowest BCUT2D eigenvalue weighted by atomic mass is 9.51. The molecule has 0 bridgehead atoms. The van der Waals surface area contributed by atoms with E-state index in [1.807, 2.05) is 0 Å². The quantitative estimate of drug-likeness (QED) is 0.317. The van der Waals surface area contributed by atoms with E-state index in [0.29, 0.717) is 30.1 Å². The van der Waals surface area contributed by atoms with Crippen molar-refractivity contribution in [3.63, 3.8) is 0 Å². The molecule has 1 aromatic rings. The lowest BCUT2D eigenvalue weighted by Crippen LogP contribution is -2.47. The number of benzene rings is 1. The van der Waals surface area contributed by atoms with E-state index in [0.717, 1.165) is 57.8 Å². The van der Waals surface area contributed by atoms with Crippen molar-refractivity contribution in [2.24, 2.45) is 35.0 Å². The maximum Gasteiger partial charge on any atom is 0.414 e. The highest BCUT2D eigenvalue weighted by Gasteiger charge is 2.56. The Kier molecular flexibility index (Phi) is 8.30. The van der Waals surface area contributed by atoms with Crippen LogP contribution in [0.2, 0.25) is 0 Å². The van der Waals surface area contributed by atoms with Gasteiger partial charge in [-0.05, 0) is 124 Å². The number of aliphatic hydroxyl groups excluding tert-OH is 1. The van der Waals surface area contributed by atoms with Crippen LogP contribution in [0.25, 0.3) is 0 Å². The Balaban J connectivity index is 1.31. The third kappa shape index (κ3) is 5.54. The first-order valence-electron chi connectivity index (χ1n) is 15.2. The number of halogens is 3. The molecule has 8 heteroatoms. The molecule has 0 radical (unpaired) electrons. The minimum Gasteiger partial charge on any atom is -0.390 e. The Bertz CT molecular complexity index is 1180. The van der Waals surface area contributed by atoms with Crippen LogP contribution in [-0.2, 0) is 9.84 Å². The number of alkyl halides is 3. The number of fused-ring (bicyclic) bond motifs is 5. The second-order valence-electron chi connectivity index (χ2n) is 13.5. The molecule has 1 aromatic carbocycles. The molecule has 0 aliphatic heterocycles. The van der Waals surface area contributed by atoms with Crippen LogP contribution in [0.1, 0.15) is 90.9 Å². The summed E-state index contributed by atoms with van der Waals surface area (Å²) in [5, 5.41) is 19.5. The summed E-state index contributed by atoms with van der Waals surface area (Å²) in [6.45, 7) is 4.41. The average Bonchev–Trinajstić information content (AvgIpc) is 3.26. The van der Waals surface area contributed by atoms with Gasteiger partial charge in [-0.1, -0.05) is 43.7 Å². The molecule has 3 saturated carbocycles. The van der Waals surface area contributed by atoms with Crippen LogP contribution in [-0.4, -0.2) is 41.8 Å². The van der Waals surface area contributed by atoms with Crippen molar-refractivity contribution in [3.8, 4) is 0 Å². The smallest absolute Gasteiger partial charge is 0.390 e. The maximum absolute atomic E-state index is 13.4. The molecule has 9 atom stereocenters. The zero-order chi connectivity index (χ0) is 28.9. The predicted octanol–water partition coefficient (Wildman–Crippen LogP) is 7.25. The van der Waals surface area contributed by atoms with Gasteiger partial charge in [0.15, 0.2) is 15.9 Å². The minimum atomic E-state index is -4.85. The summed E-state index contributed by atoms with van der Waals surface area (Å²) in [7, 11) is -4.03. The Hall–Kier alpha value is -1.38. The van der Waals surface area contributed by atoms with Gasteiger partial charge >= 0.3 is 6.18 Å². The van der Waals surface area contributed by atoms with Crippen molar-refractivity contribution >= 4 is 9.84 Å². The third-order valence-electron chi connectivity index (χ3n) is 11.7. The van der Waals surface area contributed by atoms with E-state index < -0.39 is 39.4 Å². The van der Waals surface area contributed by atoms with Gasteiger partial charge in [0.05, 0.1) is 15.7 Å². The molecular formula is C32H45F3O4S. The zero-order valence-electron chi connectivity index (χ0n) is 23.7. The van der Waals surface area contributed by atoms with Gasteiger partial charge in [0.2, 0.25) is 0 Å². The minimum absolute atomic E-state index is 0.0117. The van der Waals surface area contributed by atoms with Crippen molar-refractivity contribution in [1.29, 1.82) is 0 Å². The summed E-state index contributed by atoms with van der Waals surface area (Å²) >= 11 is 0. The Morgan fingerprint density at radius 3 is 2.45 bits per heavy atom. The Morgan fingerprint density at radius 2 is 1.77 bits per heavy atom. The first-order chi connectivity index (χ1) is 18.8. The molecule has 0 saturated heterocycles. The molecule has 4 nitrogen and oxygen atoms in total. The summed E-state index contributed by atoms with van der Waals surface area (Å²) in [4.78, 5) is 0.0117. The number of hydrogen-bond acceptors (Lipinski definition) is 4. The van der Waals surface area contributed by atoms with Crippen molar-refractivity contribution in [2.75, 3.05) is 0 Å². The van der Waals surface area contributed by atoms with Crippen LogP contribution in [0, 0.1) is 35.0 Å². The van der Waals surface area contributed by atoms with Crippen LogP contribution >= 0.6 is 0 Å². The SMILES string of the molecule is CC[C@]1(O)CCC2C(=CCC3C2CCC2(C)C(CCC(CC(O)C(F)(F)F)S(=O)(=O)c4ccccc4)CCC32)C1. The van der Waals surface area contributed by atoms with Crippen LogP contribution in [0.15, 0.2) is 46.9 Å². The molecule has 4 aliphatic carbocycles. The predicted molar refractivity (Wildman–Crippen MR) is 149 cm³/mol. The van der Waals surface area contributed by atoms with Gasteiger partial charge in [-0.3, -0.25) is 0 Å². The highest BCUT2D eigenvalue weighted by atomic mass is 32.2. The monoisotopic (exact) mass is 582 g/mol. The van der Waals surface area contributed by atoms with Crippen LogP contribution < -0.4 is 0 Å². The van der Waals surface area contributed by atoms with E-state index in [9.17, 15) is 31.8 Å². The van der Waals surface area contributed by atoms with E-state index in [1.54, 1.807) is 18.2 Å². The molecule has 4 aliphatic rings. The molecular weight excluding hydrogens is 537 g/mol. The standard InChI is InChI=1S/C32H45F3O4S/c1-3-31(37)18-16-25-21(20-31)9-13-27-26(25)15-17-30(2)22(11-14-28(27)30)10-12-24(19-29(36)32(33,34)35)40(38,39)23-7-5-4-6-8-23/h4-9,22,24-29,36-37H,3,10-20H2,1-2H3/t22?,24?,25?,26?,27?,28?,29?,30?,31-/m0/s1. The second-order valence-corrected chi connectivity index (χ2v) is 15.7. The van der Waals surface area contributed by atoms with Gasteiger partial charge in [-0.2, -0.15) is 13.2 Å². The van der Waals surface area contributed by atoms with Gasteiger partial charge in [0.25, 0.3) is 0 Å². The zero-order valence-corrected chi connectivity index (χ0v) is 24.6. The summed E-state index contributed by atoms with van der Waals surface area (Å²) in [6, 6.07) is 7.67. The van der Waals surface area contributed by atoms with E-state index in [4.69, 9.17) is 0 Å². The van der Waals surface area contributed by atoms with Crippen molar-refractivity contribution < 1.29 is 31.8 Å². The largest absolute Gasteiger partial charge is 0.414 e. The summed E-state index contributed by atoms with van der Waals surface area (Å²) < 4.78 is 66.8. The summed E-state index contributed by atoms with van der Waals surface area (Å²) in [5.41, 5.74) is 0.939. The van der Waals surface area contributed by atoms with Crippen molar-refractivity contribution in [1.82, 2.24) is 0 Å². The molecule has 40 heavy (non-hydrogen) atoms. The lowest BCUT2D eigenvalue weighted by molar-refractivity contribution is -0.205. The van der Waals surface area contributed by atoms with Gasteiger partial charge in [0, 0.05) is 0 Å². The van der Waals surface area contributed by atoms with Gasteiger partial charge in [0.1, 0.15) is 0 Å². The first kappa shape index (κ1) is 30.1. The molecule has 0 amide bonds. The number of aliphatic hydroxyl groups is 2. The molecule has 5 rings (SSSR count). The fourth-order valence-electron chi connectivity index (χ4n) is 9.22. The van der Waals surface area contributed by atoms with Crippen molar-refractivity contribution in [2.45, 2.75) is 119 Å². The molecule has 0 heterocycles. The van der Waals surface area contributed by atoms with Crippen LogP contribution in [0.5, 0.6) is 0 Å². The topological polar surface area (TPSA) is 74.6 Å². The molecule has 3 fully saturated rings. The van der Waals surface area contributed by atoms with Crippen LogP contribution in [0.4, 0.5) is 13.2 Å². The Labute approximate surface area is 237 Å². The molecule has 224 valence electrons. The Morgan fingerprint density at radius 1 is 1.05 bits per heavy atom. The fraction of sp³-hybridized carbons (Fsp3) is 0.750. The number of sulfone groups is 1. The van der Waals surface area contributed by atoms with Crippen LogP contribution in [0.3, 0.4) is 0 Å². The van der Waals surface area contributed by atoms with E-state index in [1.165, 1.54) is 17.7 Å². The maximum atomic E-state index is 13.4. The highest BCUT2D eigenvalue weighted by molar-refractivity contribution is 7.92. The average molecular weight is 583 g/mol. The van der Waals surface area contributed by atoms with Crippen molar-refractivity contribution in [3.05, 3.63) is 42.0 Å². The second kappa shape index (κ2) is 11.0. The number of allylic oxidation sites excluding steroid dienone is 1. The normalized spacial score (nSPS) is 37.6. The summed E-state index contributed by atoms with van der Waals surface area (Å²) in [6.07, 6.45) is 3.49. The third-order valence-corrected chi connectivity index (χ3v) is 13.9. The van der Waals surface area contributed by atoms with E-state index in [2.05, 4.69) is 19.9 Å². The number of hydrogen-bond donors (Lipinski definition) is 2. The van der Waals surface area contributed by atoms with E-state index in [-0.39, 0.29) is 22.6 Å². The fourth-order valence-corrected chi connectivity index (χ4v) is 11.0. The first-order valence-corrected chi connectivity index (χ1v) is 16.8. The molecule has 0 aromatic heterocycles. The van der Waals surface area contributed by atoms with Gasteiger partial charge in [-0.15, -0.1) is 0 Å². The highest BCUT2D eigenvalue weighted by Crippen LogP contribution is 2.64. The summed E-state index contributed by atoms with van der Waals surface area (Å²) in [5.74, 6) is 2.56. The molecule has 0 spiro atoms. The van der Waals surface area contributed by atoms with Gasteiger partial charge in [-0.25, -0.2) is 8.42 Å². The number of rotatable bonds is 8. The van der Waals surface area contributed by atoms with E-state index >= 15 is 0 Å². The molecule has 2 N–H and O–H groups in total.